The zero-order valence-corrected chi connectivity index (χ0v) is 15.7. The highest BCUT2D eigenvalue weighted by atomic mass is 16.5. The lowest BCUT2D eigenvalue weighted by atomic mass is 9.73. The summed E-state index contributed by atoms with van der Waals surface area (Å²) in [5, 5.41) is 10.2. The van der Waals surface area contributed by atoms with Crippen LogP contribution in [-0.4, -0.2) is 42.7 Å². The maximum atomic E-state index is 9.13. The van der Waals surface area contributed by atoms with Crippen molar-refractivity contribution in [3.8, 4) is 11.8 Å². The van der Waals surface area contributed by atoms with Crippen LogP contribution in [0.5, 0.6) is 5.75 Å². The zero-order valence-electron chi connectivity index (χ0n) is 15.7. The first-order valence-electron chi connectivity index (χ1n) is 9.53. The number of fused-ring (bicyclic) bond motifs is 4. The average molecular weight is 363 g/mol. The minimum absolute atomic E-state index is 0.0817. The molecule has 3 aliphatic rings. The Morgan fingerprint density at radius 2 is 2.33 bits per heavy atom. The molecule has 0 N–H and O–H groups in total. The summed E-state index contributed by atoms with van der Waals surface area (Å²) in [6.07, 6.45) is 6.06. The highest BCUT2D eigenvalue weighted by molar-refractivity contribution is 5.84. The van der Waals surface area contributed by atoms with E-state index >= 15 is 0 Å². The Morgan fingerprint density at radius 3 is 3.04 bits per heavy atom. The van der Waals surface area contributed by atoms with E-state index in [1.165, 1.54) is 6.42 Å². The summed E-state index contributed by atoms with van der Waals surface area (Å²) in [4.78, 5) is 7.01. The molecule has 2 aromatic rings. The Hall–Kier alpha value is -2.42. The van der Waals surface area contributed by atoms with Crippen molar-refractivity contribution in [2.75, 3.05) is 26.8 Å². The van der Waals surface area contributed by atoms with E-state index in [-0.39, 0.29) is 18.8 Å². The molecule has 2 bridgehead atoms. The van der Waals surface area contributed by atoms with E-state index in [0.29, 0.717) is 11.8 Å². The topological polar surface area (TPSA) is 58.4 Å². The molecule has 5 rings (SSSR count). The van der Waals surface area contributed by atoms with Crippen LogP contribution >= 0.6 is 0 Å². The smallest absolute Gasteiger partial charge is 0.134 e. The molecule has 0 amide bonds. The summed E-state index contributed by atoms with van der Waals surface area (Å²) in [6.45, 7) is 6.21. The van der Waals surface area contributed by atoms with Crippen LogP contribution in [0.2, 0.25) is 0 Å². The first-order valence-corrected chi connectivity index (χ1v) is 9.53. The highest BCUT2D eigenvalue weighted by Crippen LogP contribution is 2.43. The molecule has 5 heteroatoms. The van der Waals surface area contributed by atoms with Crippen LogP contribution in [0.3, 0.4) is 0 Å². The largest absolute Gasteiger partial charge is 0.497 e. The second-order valence-corrected chi connectivity index (χ2v) is 7.42. The third kappa shape index (κ3) is 3.31. The zero-order chi connectivity index (χ0) is 18.8. The summed E-state index contributed by atoms with van der Waals surface area (Å²) >= 11 is 0. The van der Waals surface area contributed by atoms with Crippen molar-refractivity contribution in [2.24, 2.45) is 11.8 Å². The van der Waals surface area contributed by atoms with E-state index in [1.807, 2.05) is 30.5 Å². The lowest BCUT2D eigenvalue weighted by molar-refractivity contribution is -0.0675. The number of nitriles is 1. The quantitative estimate of drug-likeness (QED) is 0.732. The van der Waals surface area contributed by atoms with Crippen molar-refractivity contribution >= 4 is 10.9 Å². The van der Waals surface area contributed by atoms with Crippen LogP contribution in [0.15, 0.2) is 43.1 Å². The monoisotopic (exact) mass is 363 g/mol. The number of piperidine rings is 3. The van der Waals surface area contributed by atoms with Gasteiger partial charge in [-0.05, 0) is 61.1 Å². The number of aromatic nitrogens is 1. The Morgan fingerprint density at radius 1 is 1.44 bits per heavy atom. The average Bonchev–Trinajstić information content (AvgIpc) is 2.74. The molecule has 140 valence electrons. The van der Waals surface area contributed by atoms with E-state index in [1.54, 1.807) is 7.11 Å². The van der Waals surface area contributed by atoms with Gasteiger partial charge in [-0.15, -0.1) is 6.58 Å². The maximum Gasteiger partial charge on any atom is 0.134 e. The van der Waals surface area contributed by atoms with Gasteiger partial charge < -0.3 is 9.47 Å². The van der Waals surface area contributed by atoms with Gasteiger partial charge in [-0.2, -0.15) is 5.26 Å². The van der Waals surface area contributed by atoms with Crippen LogP contribution in [0.4, 0.5) is 0 Å². The number of ether oxygens (including phenoxy) is 2. The minimum Gasteiger partial charge on any atom is -0.497 e. The molecular formula is C22H25N3O2. The molecule has 0 saturated carbocycles. The molecule has 27 heavy (non-hydrogen) atoms. The van der Waals surface area contributed by atoms with Gasteiger partial charge in [-0.25, -0.2) is 0 Å². The molecule has 1 aromatic carbocycles. The highest BCUT2D eigenvalue weighted by Gasteiger charge is 2.43. The fourth-order valence-electron chi connectivity index (χ4n) is 4.75. The summed E-state index contributed by atoms with van der Waals surface area (Å²) in [5.41, 5.74) is 2.00. The fraction of sp³-hybridized carbons (Fsp3) is 0.455. The molecule has 5 nitrogen and oxygen atoms in total. The molecular weight excluding hydrogens is 338 g/mol. The first-order chi connectivity index (χ1) is 13.2. The third-order valence-electron chi connectivity index (χ3n) is 6.12. The molecule has 0 radical (unpaired) electrons. The SMILES string of the molecule is C=CC1CN2CCC1CC2[C@@H](OCC#N)c1ccnc2ccc(OC)cc12. The van der Waals surface area contributed by atoms with Gasteiger partial charge in [0.1, 0.15) is 18.5 Å². The normalized spacial score (nSPS) is 27.9. The van der Waals surface area contributed by atoms with E-state index in [2.05, 4.69) is 28.6 Å². The number of pyridine rings is 1. The molecule has 4 heterocycles. The van der Waals surface area contributed by atoms with E-state index in [0.717, 1.165) is 41.7 Å². The van der Waals surface area contributed by atoms with Gasteiger partial charge in [0, 0.05) is 24.2 Å². The lowest BCUT2D eigenvalue weighted by Crippen LogP contribution is -2.55. The summed E-state index contributed by atoms with van der Waals surface area (Å²) in [6, 6.07) is 10.4. The molecule has 3 saturated heterocycles. The Balaban J connectivity index is 1.74. The van der Waals surface area contributed by atoms with Gasteiger partial charge in [0.25, 0.3) is 0 Å². The van der Waals surface area contributed by atoms with Crippen LogP contribution in [-0.2, 0) is 4.74 Å². The molecule has 0 aliphatic carbocycles. The Labute approximate surface area is 160 Å². The maximum absolute atomic E-state index is 9.13. The summed E-state index contributed by atoms with van der Waals surface area (Å²) in [5.74, 6) is 2.00. The Kier molecular flexibility index (Phi) is 5.11. The van der Waals surface area contributed by atoms with Gasteiger partial charge in [-0.1, -0.05) is 6.08 Å². The third-order valence-corrected chi connectivity index (χ3v) is 6.12. The van der Waals surface area contributed by atoms with Crippen molar-refractivity contribution in [1.29, 1.82) is 5.26 Å². The molecule has 1 aromatic heterocycles. The van der Waals surface area contributed by atoms with Crippen LogP contribution in [0.1, 0.15) is 24.5 Å². The molecule has 5 atom stereocenters. The predicted molar refractivity (Wildman–Crippen MR) is 104 cm³/mol. The van der Waals surface area contributed by atoms with Gasteiger partial charge >= 0.3 is 0 Å². The number of hydrogen-bond acceptors (Lipinski definition) is 5. The number of hydrogen-bond donors (Lipinski definition) is 0. The number of rotatable bonds is 6. The number of benzene rings is 1. The Bertz CT molecular complexity index is 875. The van der Waals surface area contributed by atoms with Crippen LogP contribution in [0.25, 0.3) is 10.9 Å². The van der Waals surface area contributed by atoms with Crippen LogP contribution in [0, 0.1) is 23.2 Å². The fourth-order valence-corrected chi connectivity index (χ4v) is 4.75. The van der Waals surface area contributed by atoms with Crippen molar-refractivity contribution in [3.05, 3.63) is 48.7 Å². The van der Waals surface area contributed by atoms with Gasteiger partial charge in [0.15, 0.2) is 0 Å². The van der Waals surface area contributed by atoms with Crippen molar-refractivity contribution in [2.45, 2.75) is 25.0 Å². The van der Waals surface area contributed by atoms with Gasteiger partial charge in [0.05, 0.1) is 18.7 Å². The van der Waals surface area contributed by atoms with E-state index in [9.17, 15) is 0 Å². The number of methoxy groups -OCH3 is 1. The molecule has 3 aliphatic heterocycles. The molecule has 3 fully saturated rings. The van der Waals surface area contributed by atoms with Crippen LogP contribution < -0.4 is 4.74 Å². The molecule has 0 spiro atoms. The summed E-state index contributed by atoms with van der Waals surface area (Å²) < 4.78 is 11.5. The van der Waals surface area contributed by atoms with E-state index < -0.39 is 0 Å². The van der Waals surface area contributed by atoms with Crippen molar-refractivity contribution < 1.29 is 9.47 Å². The molecule has 4 unspecified atom stereocenters. The second-order valence-electron chi connectivity index (χ2n) is 7.42. The number of nitrogens with zero attached hydrogens (tertiary/aromatic N) is 3. The predicted octanol–water partition coefficient (Wildman–Crippen LogP) is 3.72. The van der Waals surface area contributed by atoms with E-state index in [4.69, 9.17) is 14.7 Å². The van der Waals surface area contributed by atoms with Gasteiger partial charge in [0.2, 0.25) is 0 Å². The van der Waals surface area contributed by atoms with Gasteiger partial charge in [-0.3, -0.25) is 9.88 Å². The summed E-state index contributed by atoms with van der Waals surface area (Å²) in [7, 11) is 1.67. The van der Waals surface area contributed by atoms with Crippen molar-refractivity contribution in [3.63, 3.8) is 0 Å². The standard InChI is InChI=1S/C22H25N3O2/c1-3-15-14-25-10-7-16(15)12-21(25)22(27-11-8-23)18-6-9-24-20-5-4-17(26-2)13-19(18)20/h3-6,9,13,15-16,21-22H,1,7,10-12,14H2,2H3/t15?,16?,21?,22-/m0/s1. The first kappa shape index (κ1) is 18.0. The second kappa shape index (κ2) is 7.67. The lowest BCUT2D eigenvalue weighted by Gasteiger charge is -2.51. The van der Waals surface area contributed by atoms with Crippen molar-refractivity contribution in [1.82, 2.24) is 9.88 Å². The minimum atomic E-state index is -0.157.